The largest absolute Gasteiger partial charge is 0.477 e. The van der Waals surface area contributed by atoms with Gasteiger partial charge in [-0.05, 0) is 37.3 Å². The number of carboxylic acid groups (broad SMARTS) is 1. The second-order valence-electron chi connectivity index (χ2n) is 6.69. The van der Waals surface area contributed by atoms with Crippen LogP contribution in [-0.2, 0) is 9.47 Å². The van der Waals surface area contributed by atoms with Crippen LogP contribution in [0, 0.1) is 0 Å². The van der Waals surface area contributed by atoms with Crippen LogP contribution in [0.25, 0.3) is 10.2 Å². The van der Waals surface area contributed by atoms with E-state index in [2.05, 4.69) is 15.3 Å². The molecule has 11 heteroatoms. The predicted molar refractivity (Wildman–Crippen MR) is 114 cm³/mol. The van der Waals surface area contributed by atoms with E-state index >= 15 is 0 Å². The van der Waals surface area contributed by atoms with Crippen LogP contribution in [0.5, 0.6) is 0 Å². The molecule has 0 unspecified atom stereocenters. The average molecular weight is 444 g/mol. The zero-order chi connectivity index (χ0) is 22.0. The Balaban J connectivity index is 1.59. The number of fused-ring (bicyclic) bond motifs is 1. The van der Waals surface area contributed by atoms with Gasteiger partial charge in [0.15, 0.2) is 5.82 Å². The summed E-state index contributed by atoms with van der Waals surface area (Å²) in [5, 5.41) is 16.4. The van der Waals surface area contributed by atoms with Gasteiger partial charge in [0.2, 0.25) is 0 Å². The van der Waals surface area contributed by atoms with Crippen molar-refractivity contribution in [2.45, 2.75) is 6.92 Å². The van der Waals surface area contributed by atoms with E-state index in [1.54, 1.807) is 19.1 Å². The van der Waals surface area contributed by atoms with Crippen molar-refractivity contribution in [2.24, 2.45) is 0 Å². The summed E-state index contributed by atoms with van der Waals surface area (Å²) < 4.78 is 11.3. The fourth-order valence-electron chi connectivity index (χ4n) is 3.24. The molecule has 1 aliphatic rings. The molecule has 3 heterocycles. The molecule has 1 aromatic carbocycles. The molecule has 162 valence electrons. The van der Waals surface area contributed by atoms with Crippen molar-refractivity contribution in [3.8, 4) is 0 Å². The number of carboxylic acids is 1. The Labute approximate surface area is 181 Å². The molecule has 0 spiro atoms. The van der Waals surface area contributed by atoms with Gasteiger partial charge in [-0.1, -0.05) is 0 Å². The highest BCUT2D eigenvalue weighted by Crippen LogP contribution is 2.32. The van der Waals surface area contributed by atoms with Gasteiger partial charge in [0.25, 0.3) is 5.91 Å². The molecule has 2 aromatic heterocycles. The van der Waals surface area contributed by atoms with E-state index in [1.807, 2.05) is 12.1 Å². The molecule has 0 atom stereocenters. The predicted octanol–water partition coefficient (Wildman–Crippen LogP) is 2.89. The molecule has 0 bridgehead atoms. The highest BCUT2D eigenvalue weighted by Gasteiger charge is 2.23. The zero-order valence-electron chi connectivity index (χ0n) is 16.7. The Morgan fingerprint density at radius 2 is 1.94 bits per heavy atom. The summed E-state index contributed by atoms with van der Waals surface area (Å²) in [6.07, 6.45) is -0.748. The smallest absolute Gasteiger partial charge is 0.436 e. The van der Waals surface area contributed by atoms with Crippen LogP contribution >= 0.6 is 11.3 Å². The number of aromatic nitrogens is 2. The first-order chi connectivity index (χ1) is 15.0. The maximum Gasteiger partial charge on any atom is 0.436 e. The van der Waals surface area contributed by atoms with Crippen LogP contribution in [0.15, 0.2) is 30.3 Å². The lowest BCUT2D eigenvalue weighted by Gasteiger charge is -2.28. The first-order valence-electron chi connectivity index (χ1n) is 9.65. The number of thiophene rings is 1. The lowest BCUT2D eigenvalue weighted by molar-refractivity contribution is 0.0702. The van der Waals surface area contributed by atoms with E-state index in [9.17, 15) is 19.5 Å². The van der Waals surface area contributed by atoms with Crippen molar-refractivity contribution in [2.75, 3.05) is 43.1 Å². The molecule has 0 radical (unpaired) electrons. The van der Waals surface area contributed by atoms with Gasteiger partial charge in [-0.2, -0.15) is 4.68 Å². The van der Waals surface area contributed by atoms with Crippen molar-refractivity contribution in [1.82, 2.24) is 9.78 Å². The molecule has 31 heavy (non-hydrogen) atoms. The third-order valence-electron chi connectivity index (χ3n) is 4.75. The average Bonchev–Trinajstić information content (AvgIpc) is 3.35. The molecule has 10 nitrogen and oxygen atoms in total. The Bertz CT molecular complexity index is 1130. The Kier molecular flexibility index (Phi) is 5.87. The van der Waals surface area contributed by atoms with E-state index in [0.29, 0.717) is 24.2 Å². The third kappa shape index (κ3) is 4.23. The maximum absolute atomic E-state index is 12.8. The fraction of sp³-hybridized carbons (Fsp3) is 0.300. The Hall–Kier alpha value is -3.44. The number of nitrogens with one attached hydrogen (secondary N) is 1. The standard InChI is InChI=1S/C20H20N4O6S/c1-2-30-20(28)24-18-14(11-15(31-18)19(26)27)16(22-24)21-17(25)12-3-5-13(6-4-12)23-7-9-29-10-8-23/h3-6,11H,2,7-10H2,1H3,(H,26,27)(H,21,22,25). The highest BCUT2D eigenvalue weighted by atomic mass is 32.1. The third-order valence-corrected chi connectivity index (χ3v) is 5.85. The summed E-state index contributed by atoms with van der Waals surface area (Å²) in [6.45, 7) is 4.70. The van der Waals surface area contributed by atoms with Crippen LogP contribution in [0.2, 0.25) is 0 Å². The van der Waals surface area contributed by atoms with Crippen molar-refractivity contribution in [3.63, 3.8) is 0 Å². The van der Waals surface area contributed by atoms with Crippen molar-refractivity contribution in [1.29, 1.82) is 0 Å². The summed E-state index contributed by atoms with van der Waals surface area (Å²) in [7, 11) is 0. The summed E-state index contributed by atoms with van der Waals surface area (Å²) in [6, 6.07) is 8.51. The van der Waals surface area contributed by atoms with Crippen LogP contribution in [0.3, 0.4) is 0 Å². The molecular weight excluding hydrogens is 424 g/mol. The van der Waals surface area contributed by atoms with Crippen molar-refractivity contribution >= 4 is 51.0 Å². The highest BCUT2D eigenvalue weighted by molar-refractivity contribution is 7.20. The van der Waals surface area contributed by atoms with Crippen LogP contribution in [0.4, 0.5) is 16.3 Å². The van der Waals surface area contributed by atoms with Gasteiger partial charge in [0, 0.05) is 24.3 Å². The van der Waals surface area contributed by atoms with Crippen LogP contribution < -0.4 is 10.2 Å². The molecule has 1 aliphatic heterocycles. The van der Waals surface area contributed by atoms with E-state index in [-0.39, 0.29) is 22.1 Å². The van der Waals surface area contributed by atoms with Crippen LogP contribution in [-0.4, -0.2) is 65.8 Å². The summed E-state index contributed by atoms with van der Waals surface area (Å²) in [5.74, 6) is -1.46. The van der Waals surface area contributed by atoms with Crippen LogP contribution in [0.1, 0.15) is 27.0 Å². The van der Waals surface area contributed by atoms with Gasteiger partial charge < -0.3 is 24.8 Å². The number of anilines is 2. The van der Waals surface area contributed by atoms with Crippen molar-refractivity contribution < 1.29 is 29.0 Å². The normalized spacial score (nSPS) is 13.9. The molecule has 3 aromatic rings. The van der Waals surface area contributed by atoms with Gasteiger partial charge in [0.05, 0.1) is 25.2 Å². The number of rotatable bonds is 5. The Morgan fingerprint density at radius 1 is 1.23 bits per heavy atom. The summed E-state index contributed by atoms with van der Waals surface area (Å²) in [5.41, 5.74) is 1.40. The maximum atomic E-state index is 12.8. The number of ether oxygens (including phenoxy) is 2. The topological polar surface area (TPSA) is 123 Å². The molecular formula is C20H20N4O6S. The second kappa shape index (κ2) is 8.74. The number of benzene rings is 1. The first kappa shape index (κ1) is 20.8. The van der Waals surface area contributed by atoms with E-state index < -0.39 is 18.0 Å². The lowest BCUT2D eigenvalue weighted by Crippen LogP contribution is -2.36. The number of nitrogens with zero attached hydrogens (tertiary/aromatic N) is 3. The molecule has 0 saturated carbocycles. The number of amides is 1. The van der Waals surface area contributed by atoms with Gasteiger partial charge in [0.1, 0.15) is 9.71 Å². The quantitative estimate of drug-likeness (QED) is 0.616. The zero-order valence-corrected chi connectivity index (χ0v) is 17.5. The minimum Gasteiger partial charge on any atom is -0.477 e. The molecule has 1 fully saturated rings. The number of morpholine rings is 1. The number of carbonyl (C=O) groups excluding carboxylic acids is 2. The molecule has 1 amide bonds. The number of hydrogen-bond acceptors (Lipinski definition) is 8. The summed E-state index contributed by atoms with van der Waals surface area (Å²) >= 11 is 0.881. The van der Waals surface area contributed by atoms with E-state index in [4.69, 9.17) is 9.47 Å². The number of carbonyl (C=O) groups is 3. The fourth-order valence-corrected chi connectivity index (χ4v) is 4.18. The van der Waals surface area contributed by atoms with Gasteiger partial charge >= 0.3 is 12.1 Å². The number of aromatic carboxylic acids is 1. The minimum absolute atomic E-state index is 0.0239. The first-order valence-corrected chi connectivity index (χ1v) is 10.5. The molecule has 0 aliphatic carbocycles. The Morgan fingerprint density at radius 3 is 2.58 bits per heavy atom. The summed E-state index contributed by atoms with van der Waals surface area (Å²) in [4.78, 5) is 38.8. The second-order valence-corrected chi connectivity index (χ2v) is 7.73. The van der Waals surface area contributed by atoms with E-state index in [1.165, 1.54) is 6.07 Å². The lowest BCUT2D eigenvalue weighted by atomic mass is 10.1. The SMILES string of the molecule is CCOC(=O)n1nc(NC(=O)c2ccc(N3CCOCC3)cc2)c2cc(C(=O)O)sc21. The molecule has 4 rings (SSSR count). The van der Waals surface area contributed by atoms with Crippen molar-refractivity contribution in [3.05, 3.63) is 40.8 Å². The van der Waals surface area contributed by atoms with Gasteiger partial charge in [-0.3, -0.25) is 4.79 Å². The molecule has 2 N–H and O–H groups in total. The number of hydrogen-bond donors (Lipinski definition) is 2. The van der Waals surface area contributed by atoms with Gasteiger partial charge in [-0.15, -0.1) is 16.4 Å². The molecule has 1 saturated heterocycles. The monoisotopic (exact) mass is 444 g/mol. The van der Waals surface area contributed by atoms with Gasteiger partial charge in [-0.25, -0.2) is 9.59 Å². The minimum atomic E-state index is -1.13. The van der Waals surface area contributed by atoms with E-state index in [0.717, 1.165) is 34.8 Å².